The van der Waals surface area contributed by atoms with Crippen molar-refractivity contribution >= 4 is 16.7 Å². The quantitative estimate of drug-likeness (QED) is 0.388. The molecule has 1 heterocycles. The van der Waals surface area contributed by atoms with E-state index in [0.717, 1.165) is 44.5 Å². The summed E-state index contributed by atoms with van der Waals surface area (Å²) in [6, 6.07) is 19.0. The Bertz CT molecular complexity index is 1170. The molecule has 3 nitrogen and oxygen atoms in total. The van der Waals surface area contributed by atoms with Crippen LogP contribution >= 0.6 is 0 Å². The molecule has 4 rings (SSSR count). The predicted molar refractivity (Wildman–Crippen MR) is 110 cm³/mol. The van der Waals surface area contributed by atoms with E-state index in [1.165, 1.54) is 12.1 Å². The number of anilines is 1. The van der Waals surface area contributed by atoms with Crippen LogP contribution in [0.5, 0.6) is 0 Å². The van der Waals surface area contributed by atoms with E-state index in [2.05, 4.69) is 24.3 Å². The highest BCUT2D eigenvalue weighted by Crippen LogP contribution is 2.40. The second-order valence-corrected chi connectivity index (χ2v) is 7.13. The number of halogens is 1. The molecule has 4 heteroatoms. The van der Waals surface area contributed by atoms with Crippen molar-refractivity contribution in [2.24, 2.45) is 0 Å². The molecule has 136 valence electrons. The van der Waals surface area contributed by atoms with Crippen LogP contribution in [0.3, 0.4) is 0 Å². The highest BCUT2D eigenvalue weighted by atomic mass is 19.1. The van der Waals surface area contributed by atoms with Crippen molar-refractivity contribution in [3.8, 4) is 22.5 Å². The molecule has 27 heavy (non-hydrogen) atoms. The molecule has 2 aliphatic rings. The first kappa shape index (κ1) is 17.3. The summed E-state index contributed by atoms with van der Waals surface area (Å²) in [6.07, 6.45) is 0. The van der Waals surface area contributed by atoms with E-state index in [0.29, 0.717) is 0 Å². The lowest BCUT2D eigenvalue weighted by atomic mass is 9.93. The molecule has 0 aromatic heterocycles. The number of hydrogen-bond acceptors (Lipinski definition) is 2. The van der Waals surface area contributed by atoms with Crippen LogP contribution in [0.25, 0.3) is 33.4 Å². The van der Waals surface area contributed by atoms with E-state index in [-0.39, 0.29) is 5.82 Å². The normalized spacial score (nSPS) is 11.1. The average Bonchev–Trinajstić information content (AvgIpc) is 2.66. The molecule has 0 unspecified atom stereocenters. The van der Waals surface area contributed by atoms with Crippen molar-refractivity contribution in [3.63, 3.8) is 0 Å². The van der Waals surface area contributed by atoms with Crippen molar-refractivity contribution < 1.29 is 8.81 Å². The SMILES string of the molecule is CN(C)c1ccc2c(-c3ccc(F)cc3)c3ccc(=[N+](C)C)cc-3oc2c1. The van der Waals surface area contributed by atoms with Crippen molar-refractivity contribution in [2.45, 2.75) is 0 Å². The molecule has 0 radical (unpaired) electrons. The molecule has 0 atom stereocenters. The van der Waals surface area contributed by atoms with E-state index in [1.54, 1.807) is 0 Å². The lowest BCUT2D eigenvalue weighted by Gasteiger charge is -2.17. The van der Waals surface area contributed by atoms with Crippen LogP contribution in [-0.2, 0) is 0 Å². The van der Waals surface area contributed by atoms with Crippen LogP contribution in [0.1, 0.15) is 0 Å². The van der Waals surface area contributed by atoms with Gasteiger partial charge in [0, 0.05) is 48.4 Å². The molecular weight excluding hydrogens is 339 g/mol. The first-order chi connectivity index (χ1) is 12.9. The van der Waals surface area contributed by atoms with E-state index >= 15 is 0 Å². The zero-order valence-corrected chi connectivity index (χ0v) is 16.0. The largest absolute Gasteiger partial charge is 0.456 e. The van der Waals surface area contributed by atoms with Gasteiger partial charge in [-0.2, -0.15) is 0 Å². The maximum Gasteiger partial charge on any atom is 0.203 e. The van der Waals surface area contributed by atoms with E-state index in [4.69, 9.17) is 4.42 Å². The van der Waals surface area contributed by atoms with Crippen LogP contribution in [0.15, 0.2) is 65.1 Å². The highest BCUT2D eigenvalue weighted by Gasteiger charge is 2.18. The number of nitrogens with zero attached hydrogens (tertiary/aromatic N) is 2. The van der Waals surface area contributed by atoms with Crippen LogP contribution in [0.4, 0.5) is 10.1 Å². The van der Waals surface area contributed by atoms with Crippen LogP contribution in [-0.4, -0.2) is 28.2 Å². The van der Waals surface area contributed by atoms with Gasteiger partial charge in [0.1, 0.15) is 31.3 Å². The van der Waals surface area contributed by atoms with E-state index < -0.39 is 0 Å². The Morgan fingerprint density at radius 1 is 0.889 bits per heavy atom. The molecule has 1 aliphatic heterocycles. The minimum atomic E-state index is -0.238. The lowest BCUT2D eigenvalue weighted by molar-refractivity contribution is 0.617. The maximum atomic E-state index is 13.5. The molecule has 0 fully saturated rings. The fraction of sp³-hybridized carbons (Fsp3) is 0.174. The Balaban J connectivity index is 2.13. The van der Waals surface area contributed by atoms with Crippen molar-refractivity contribution in [3.05, 3.63) is 71.8 Å². The summed E-state index contributed by atoms with van der Waals surface area (Å²) < 4.78 is 21.8. The summed E-state index contributed by atoms with van der Waals surface area (Å²) in [4.78, 5) is 2.05. The Hall–Kier alpha value is -3.14. The molecule has 2 aromatic carbocycles. The first-order valence-electron chi connectivity index (χ1n) is 8.88. The summed E-state index contributed by atoms with van der Waals surface area (Å²) >= 11 is 0. The standard InChI is InChI=1S/C23H22FN2O/c1-25(2)17-9-11-19-21(13-17)27-22-14-18(26(3)4)10-12-20(22)23(19)15-5-7-16(24)8-6-15/h5-14H,1-4H3/q+1. The van der Waals surface area contributed by atoms with E-state index in [1.807, 2.05) is 61.9 Å². The Labute approximate surface area is 158 Å². The van der Waals surface area contributed by atoms with Gasteiger partial charge in [-0.1, -0.05) is 12.1 Å². The third kappa shape index (κ3) is 3.08. The molecule has 0 bridgehead atoms. The van der Waals surface area contributed by atoms with Gasteiger partial charge in [0.25, 0.3) is 0 Å². The van der Waals surface area contributed by atoms with Gasteiger partial charge in [0.15, 0.2) is 0 Å². The maximum absolute atomic E-state index is 13.5. The third-order valence-corrected chi connectivity index (χ3v) is 4.85. The van der Waals surface area contributed by atoms with Gasteiger partial charge >= 0.3 is 0 Å². The molecule has 2 aromatic rings. The zero-order chi connectivity index (χ0) is 19.1. The second-order valence-electron chi connectivity index (χ2n) is 7.13. The van der Waals surface area contributed by atoms with Gasteiger partial charge < -0.3 is 9.32 Å². The molecule has 1 aliphatic carbocycles. The van der Waals surface area contributed by atoms with Crippen LogP contribution in [0.2, 0.25) is 0 Å². The fourth-order valence-corrected chi connectivity index (χ4v) is 3.35. The number of hydrogen-bond donors (Lipinski definition) is 0. The molecule has 0 saturated heterocycles. The van der Waals surface area contributed by atoms with Gasteiger partial charge in [0.2, 0.25) is 5.36 Å². The number of benzene rings is 3. The van der Waals surface area contributed by atoms with Crippen molar-refractivity contribution in [2.75, 3.05) is 33.1 Å². The average molecular weight is 361 g/mol. The van der Waals surface area contributed by atoms with Gasteiger partial charge in [0.05, 0.1) is 6.07 Å². The number of fused-ring (bicyclic) bond motifs is 2. The zero-order valence-electron chi connectivity index (χ0n) is 16.0. The summed E-state index contributed by atoms with van der Waals surface area (Å²) in [6.45, 7) is 0. The molecule has 0 spiro atoms. The Morgan fingerprint density at radius 2 is 1.63 bits per heavy atom. The van der Waals surface area contributed by atoms with E-state index in [9.17, 15) is 4.39 Å². The van der Waals surface area contributed by atoms with Gasteiger partial charge in [-0.3, -0.25) is 0 Å². The topological polar surface area (TPSA) is 19.4 Å². The summed E-state index contributed by atoms with van der Waals surface area (Å²) in [7, 11) is 8.03. The smallest absolute Gasteiger partial charge is 0.203 e. The summed E-state index contributed by atoms with van der Waals surface area (Å²) in [5, 5.41) is 2.08. The van der Waals surface area contributed by atoms with Gasteiger partial charge in [-0.25, -0.2) is 8.97 Å². The predicted octanol–water partition coefficient (Wildman–Crippen LogP) is 4.44. The monoisotopic (exact) mass is 361 g/mol. The fourth-order valence-electron chi connectivity index (χ4n) is 3.35. The Morgan fingerprint density at radius 3 is 2.30 bits per heavy atom. The Kier molecular flexibility index (Phi) is 4.19. The lowest BCUT2D eigenvalue weighted by Crippen LogP contribution is -2.21. The van der Waals surface area contributed by atoms with Crippen LogP contribution in [0, 0.1) is 5.82 Å². The molecule has 0 amide bonds. The molecular formula is C23H22FN2O+. The minimum Gasteiger partial charge on any atom is -0.456 e. The molecule has 0 saturated carbocycles. The van der Waals surface area contributed by atoms with Gasteiger partial charge in [-0.05, 0) is 35.9 Å². The van der Waals surface area contributed by atoms with Crippen molar-refractivity contribution in [1.29, 1.82) is 0 Å². The first-order valence-corrected chi connectivity index (χ1v) is 8.88. The molecule has 0 N–H and O–H groups in total. The number of rotatable bonds is 2. The van der Waals surface area contributed by atoms with Gasteiger partial charge in [-0.15, -0.1) is 0 Å². The highest BCUT2D eigenvalue weighted by molar-refractivity contribution is 6.02. The summed E-state index contributed by atoms with van der Waals surface area (Å²) in [5.74, 6) is 0.571. The summed E-state index contributed by atoms with van der Waals surface area (Å²) in [5.41, 5.74) is 4.92. The third-order valence-electron chi connectivity index (χ3n) is 4.85. The minimum absolute atomic E-state index is 0.238. The second kappa shape index (κ2) is 6.54. The van der Waals surface area contributed by atoms with Crippen molar-refractivity contribution in [1.82, 2.24) is 4.58 Å². The van der Waals surface area contributed by atoms with Crippen LogP contribution < -0.4 is 14.8 Å².